The maximum absolute atomic E-state index is 13.0. The number of benzene rings is 2. The van der Waals surface area contributed by atoms with Crippen LogP contribution < -0.4 is 10.1 Å². The minimum Gasteiger partial charge on any atom is -0.496 e. The van der Waals surface area contributed by atoms with Crippen LogP contribution in [0.25, 0.3) is 0 Å². The zero-order valence-electron chi connectivity index (χ0n) is 16.0. The van der Waals surface area contributed by atoms with Crippen molar-refractivity contribution >= 4 is 11.8 Å². The number of nitrogens with one attached hydrogen (secondary N) is 1. The summed E-state index contributed by atoms with van der Waals surface area (Å²) in [6, 6.07) is 12.0. The van der Waals surface area contributed by atoms with E-state index in [4.69, 9.17) is 4.74 Å². The van der Waals surface area contributed by atoms with Crippen LogP contribution in [0.5, 0.6) is 5.75 Å². The van der Waals surface area contributed by atoms with Crippen molar-refractivity contribution in [3.05, 3.63) is 65.5 Å². The number of halogens is 1. The van der Waals surface area contributed by atoms with Gasteiger partial charge in [-0.3, -0.25) is 9.59 Å². The van der Waals surface area contributed by atoms with Gasteiger partial charge in [0.25, 0.3) is 5.91 Å². The minimum atomic E-state index is -0.692. The van der Waals surface area contributed by atoms with Crippen LogP contribution in [0, 0.1) is 11.7 Å². The zero-order valence-corrected chi connectivity index (χ0v) is 16.0. The molecule has 1 atom stereocenters. The standard InChI is InChI=1S/C21H25FN2O3/c1-14(2)19(23-20(25)15-9-11-17(22)12-10-15)21(26)24(3)13-16-7-5-6-8-18(16)27-4/h5-12,14,19H,13H2,1-4H3,(H,23,25). The number of methoxy groups -OCH3 is 1. The first-order valence-corrected chi connectivity index (χ1v) is 8.76. The van der Waals surface area contributed by atoms with Gasteiger partial charge in [-0.05, 0) is 36.2 Å². The largest absolute Gasteiger partial charge is 0.496 e. The molecule has 0 aliphatic heterocycles. The number of likely N-dealkylation sites (N-methyl/N-ethyl adjacent to an activating group) is 1. The number of carbonyl (C=O) groups excluding carboxylic acids is 2. The summed E-state index contributed by atoms with van der Waals surface area (Å²) < 4.78 is 18.4. The van der Waals surface area contributed by atoms with Gasteiger partial charge < -0.3 is 15.0 Å². The highest BCUT2D eigenvalue weighted by atomic mass is 19.1. The van der Waals surface area contributed by atoms with Gasteiger partial charge in [-0.1, -0.05) is 32.0 Å². The molecule has 0 radical (unpaired) electrons. The van der Waals surface area contributed by atoms with Crippen molar-refractivity contribution in [2.45, 2.75) is 26.4 Å². The molecular weight excluding hydrogens is 347 g/mol. The smallest absolute Gasteiger partial charge is 0.251 e. The highest BCUT2D eigenvalue weighted by Crippen LogP contribution is 2.19. The molecule has 5 nitrogen and oxygen atoms in total. The highest BCUT2D eigenvalue weighted by Gasteiger charge is 2.27. The van der Waals surface area contributed by atoms with E-state index in [1.54, 1.807) is 19.1 Å². The van der Waals surface area contributed by atoms with Gasteiger partial charge in [0, 0.05) is 24.7 Å². The van der Waals surface area contributed by atoms with E-state index in [-0.39, 0.29) is 11.8 Å². The Bertz CT molecular complexity index is 790. The Kier molecular flexibility index (Phi) is 6.93. The predicted octanol–water partition coefficient (Wildman–Crippen LogP) is 3.25. The Morgan fingerprint density at radius 1 is 1.11 bits per heavy atom. The molecule has 0 spiro atoms. The van der Waals surface area contributed by atoms with Gasteiger partial charge in [0.1, 0.15) is 17.6 Å². The molecule has 0 aliphatic carbocycles. The van der Waals surface area contributed by atoms with Crippen LogP contribution in [0.2, 0.25) is 0 Å². The third kappa shape index (κ3) is 5.29. The molecule has 0 bridgehead atoms. The third-order valence-electron chi connectivity index (χ3n) is 4.30. The Morgan fingerprint density at radius 3 is 2.33 bits per heavy atom. The lowest BCUT2D eigenvalue weighted by Gasteiger charge is -2.27. The maximum Gasteiger partial charge on any atom is 0.251 e. The fourth-order valence-electron chi connectivity index (χ4n) is 2.74. The third-order valence-corrected chi connectivity index (χ3v) is 4.30. The summed E-state index contributed by atoms with van der Waals surface area (Å²) in [4.78, 5) is 26.9. The summed E-state index contributed by atoms with van der Waals surface area (Å²) in [5, 5.41) is 2.76. The van der Waals surface area contributed by atoms with Crippen LogP contribution in [0.15, 0.2) is 48.5 Å². The maximum atomic E-state index is 13.0. The summed E-state index contributed by atoms with van der Waals surface area (Å²) in [6.07, 6.45) is 0. The second-order valence-electron chi connectivity index (χ2n) is 6.71. The lowest BCUT2D eigenvalue weighted by Crippen LogP contribution is -2.50. The van der Waals surface area contributed by atoms with Crippen molar-refractivity contribution in [3.8, 4) is 5.75 Å². The monoisotopic (exact) mass is 372 g/mol. The number of nitrogens with zero attached hydrogens (tertiary/aromatic N) is 1. The lowest BCUT2D eigenvalue weighted by molar-refractivity contribution is -0.133. The Labute approximate surface area is 159 Å². The van der Waals surface area contributed by atoms with E-state index < -0.39 is 17.8 Å². The van der Waals surface area contributed by atoms with Crippen molar-refractivity contribution < 1.29 is 18.7 Å². The molecule has 144 valence electrons. The van der Waals surface area contributed by atoms with Crippen LogP contribution in [-0.4, -0.2) is 36.9 Å². The fraction of sp³-hybridized carbons (Fsp3) is 0.333. The fourth-order valence-corrected chi connectivity index (χ4v) is 2.74. The quantitative estimate of drug-likeness (QED) is 0.812. The van der Waals surface area contributed by atoms with Gasteiger partial charge in [-0.15, -0.1) is 0 Å². The Hall–Kier alpha value is -2.89. The number of hydrogen-bond acceptors (Lipinski definition) is 3. The van der Waals surface area contributed by atoms with Gasteiger partial charge in [0.15, 0.2) is 0 Å². The molecule has 0 fully saturated rings. The molecule has 1 unspecified atom stereocenters. The summed E-state index contributed by atoms with van der Waals surface area (Å²) >= 11 is 0. The zero-order chi connectivity index (χ0) is 20.0. The van der Waals surface area contributed by atoms with Crippen molar-refractivity contribution in [2.75, 3.05) is 14.2 Å². The molecule has 0 saturated heterocycles. The highest BCUT2D eigenvalue weighted by molar-refractivity contribution is 5.97. The summed E-state index contributed by atoms with van der Waals surface area (Å²) in [5.74, 6) is -0.436. The second-order valence-corrected chi connectivity index (χ2v) is 6.71. The first kappa shape index (κ1) is 20.4. The molecule has 2 aromatic carbocycles. The van der Waals surface area contributed by atoms with Gasteiger partial charge in [0.05, 0.1) is 7.11 Å². The number of ether oxygens (including phenoxy) is 1. The van der Waals surface area contributed by atoms with Crippen molar-refractivity contribution in [1.82, 2.24) is 10.2 Å². The van der Waals surface area contributed by atoms with Crippen LogP contribution in [0.1, 0.15) is 29.8 Å². The number of carbonyl (C=O) groups is 2. The summed E-state index contributed by atoms with van der Waals surface area (Å²) in [5.41, 5.74) is 1.19. The second kappa shape index (κ2) is 9.16. The van der Waals surface area contributed by atoms with Crippen molar-refractivity contribution in [3.63, 3.8) is 0 Å². The summed E-state index contributed by atoms with van der Waals surface area (Å²) in [7, 11) is 3.27. The van der Waals surface area contributed by atoms with Crippen LogP contribution in [0.3, 0.4) is 0 Å². The average molecular weight is 372 g/mol. The molecule has 0 aliphatic rings. The van der Waals surface area contributed by atoms with Gasteiger partial charge in [-0.25, -0.2) is 4.39 Å². The van der Waals surface area contributed by atoms with Gasteiger partial charge in [-0.2, -0.15) is 0 Å². The Morgan fingerprint density at radius 2 is 1.74 bits per heavy atom. The van der Waals surface area contributed by atoms with Crippen LogP contribution in [0.4, 0.5) is 4.39 Å². The van der Waals surface area contributed by atoms with Gasteiger partial charge in [0.2, 0.25) is 5.91 Å². The van der Waals surface area contributed by atoms with Gasteiger partial charge >= 0.3 is 0 Å². The number of para-hydroxylation sites is 1. The topological polar surface area (TPSA) is 58.6 Å². The van der Waals surface area contributed by atoms with Crippen molar-refractivity contribution in [2.24, 2.45) is 5.92 Å². The van der Waals surface area contributed by atoms with E-state index in [0.29, 0.717) is 17.9 Å². The minimum absolute atomic E-state index is 0.109. The van der Waals surface area contributed by atoms with E-state index in [1.165, 1.54) is 24.3 Å². The van der Waals surface area contributed by atoms with Crippen LogP contribution in [-0.2, 0) is 11.3 Å². The molecule has 0 aromatic heterocycles. The van der Waals surface area contributed by atoms with E-state index in [1.807, 2.05) is 38.1 Å². The first-order valence-electron chi connectivity index (χ1n) is 8.76. The van der Waals surface area contributed by atoms with E-state index in [9.17, 15) is 14.0 Å². The molecule has 2 aromatic rings. The number of rotatable bonds is 7. The number of amides is 2. The summed E-state index contributed by atoms with van der Waals surface area (Å²) in [6.45, 7) is 4.09. The molecule has 2 rings (SSSR count). The average Bonchev–Trinajstić information content (AvgIpc) is 2.66. The van der Waals surface area contributed by atoms with E-state index in [0.717, 1.165) is 5.56 Å². The molecule has 6 heteroatoms. The predicted molar refractivity (Wildman–Crippen MR) is 102 cm³/mol. The lowest BCUT2D eigenvalue weighted by atomic mass is 10.0. The molecule has 1 N–H and O–H groups in total. The first-order chi connectivity index (χ1) is 12.8. The van der Waals surface area contributed by atoms with E-state index in [2.05, 4.69) is 5.32 Å². The molecule has 0 heterocycles. The normalized spacial score (nSPS) is 11.8. The SMILES string of the molecule is COc1ccccc1CN(C)C(=O)C(NC(=O)c1ccc(F)cc1)C(C)C. The van der Waals surface area contributed by atoms with Crippen molar-refractivity contribution in [1.29, 1.82) is 0 Å². The Balaban J connectivity index is 2.11. The number of hydrogen-bond donors (Lipinski definition) is 1. The molecule has 0 saturated carbocycles. The molecule has 2 amide bonds. The van der Waals surface area contributed by atoms with E-state index >= 15 is 0 Å². The molecular formula is C21H25FN2O3. The van der Waals surface area contributed by atoms with Crippen LogP contribution >= 0.6 is 0 Å². The molecule has 27 heavy (non-hydrogen) atoms.